The lowest BCUT2D eigenvalue weighted by molar-refractivity contribution is -0.359. The third kappa shape index (κ3) is 2.76. The maximum Gasteiger partial charge on any atom is 0.460 e. The lowest BCUT2D eigenvalue weighted by Crippen LogP contribution is -2.50. The van der Waals surface area contributed by atoms with Crippen LogP contribution < -0.4 is 0 Å². The summed E-state index contributed by atoms with van der Waals surface area (Å²) in [5, 5.41) is 0. The zero-order chi connectivity index (χ0) is 15.2. The second-order valence-electron chi connectivity index (χ2n) is 3.73. The maximum absolute atomic E-state index is 13.5. The molecule has 1 aromatic rings. The van der Waals surface area contributed by atoms with Crippen molar-refractivity contribution in [2.24, 2.45) is 0 Å². The summed E-state index contributed by atoms with van der Waals surface area (Å²) >= 11 is 5.38. The fourth-order valence-corrected chi connectivity index (χ4v) is 2.35. The van der Waals surface area contributed by atoms with Gasteiger partial charge >= 0.3 is 18.0 Å². The minimum absolute atomic E-state index is 0.0270. The van der Waals surface area contributed by atoms with Gasteiger partial charge in [0, 0.05) is 14.5 Å². The van der Waals surface area contributed by atoms with Crippen molar-refractivity contribution >= 4 is 31.9 Å². The van der Waals surface area contributed by atoms with Gasteiger partial charge in [-0.15, -0.1) is 0 Å². The van der Waals surface area contributed by atoms with Crippen molar-refractivity contribution in [2.45, 2.75) is 24.9 Å². The van der Waals surface area contributed by atoms with Crippen LogP contribution in [-0.2, 0) is 5.92 Å². The number of hydrogen-bond acceptors (Lipinski definition) is 0. The Bertz CT molecular complexity index is 493. The van der Waals surface area contributed by atoms with Gasteiger partial charge in [0.05, 0.1) is 0 Å². The van der Waals surface area contributed by atoms with Crippen LogP contribution in [0.2, 0.25) is 0 Å². The van der Waals surface area contributed by atoms with E-state index in [0.29, 0.717) is 6.07 Å². The quantitative estimate of drug-likeness (QED) is 0.533. The summed E-state index contributed by atoms with van der Waals surface area (Å²) in [6.45, 7) is 1.29. The molecule has 108 valence electrons. The molecule has 0 aliphatic heterocycles. The van der Waals surface area contributed by atoms with E-state index < -0.39 is 28.1 Å². The molecule has 0 saturated heterocycles. The Balaban J connectivity index is 3.52. The Labute approximate surface area is 120 Å². The van der Waals surface area contributed by atoms with Crippen LogP contribution in [0.5, 0.6) is 0 Å². The monoisotopic (exact) mass is 416 g/mol. The summed E-state index contributed by atoms with van der Waals surface area (Å²) in [7, 11) is 0. The molecule has 0 heterocycles. The number of benzene rings is 1. The average Bonchev–Trinajstić information content (AvgIpc) is 2.21. The summed E-state index contributed by atoms with van der Waals surface area (Å²) in [5.41, 5.74) is -1.33. The molecule has 9 heteroatoms. The molecule has 0 aliphatic rings. The van der Waals surface area contributed by atoms with Crippen LogP contribution in [0.15, 0.2) is 21.1 Å². The molecule has 0 saturated carbocycles. The molecular formula is C10H5Br2F7. The summed E-state index contributed by atoms with van der Waals surface area (Å²) in [6, 6.07) is 1.83. The number of hydrogen-bond donors (Lipinski definition) is 0. The summed E-state index contributed by atoms with van der Waals surface area (Å²) in [6.07, 6.45) is -6.35. The standard InChI is InChI=1S/C10H5Br2F7/c1-4-2-5(11)3-6(7(4)12)8(13,14)9(15,16)10(17,18)19/h2-3H,1H3. The Morgan fingerprint density at radius 1 is 0.895 bits per heavy atom. The zero-order valence-electron chi connectivity index (χ0n) is 9.06. The van der Waals surface area contributed by atoms with E-state index in [-0.39, 0.29) is 10.0 Å². The Morgan fingerprint density at radius 3 is 1.79 bits per heavy atom. The molecule has 0 spiro atoms. The molecular weight excluding hydrogens is 413 g/mol. The Hall–Kier alpha value is -0.310. The lowest BCUT2D eigenvalue weighted by Gasteiger charge is -2.29. The van der Waals surface area contributed by atoms with Crippen LogP contribution in [0.1, 0.15) is 11.1 Å². The number of halogens is 9. The highest BCUT2D eigenvalue weighted by atomic mass is 79.9. The topological polar surface area (TPSA) is 0 Å². The Morgan fingerprint density at radius 2 is 1.37 bits per heavy atom. The van der Waals surface area contributed by atoms with E-state index in [0.717, 1.165) is 0 Å². The van der Waals surface area contributed by atoms with Gasteiger partial charge in [-0.3, -0.25) is 0 Å². The third-order valence-corrected chi connectivity index (χ3v) is 3.82. The van der Waals surface area contributed by atoms with Crippen molar-refractivity contribution in [1.82, 2.24) is 0 Å². The van der Waals surface area contributed by atoms with Crippen molar-refractivity contribution in [3.63, 3.8) is 0 Å². The first kappa shape index (κ1) is 16.7. The van der Waals surface area contributed by atoms with Gasteiger partial charge in [0.1, 0.15) is 0 Å². The van der Waals surface area contributed by atoms with Crippen LogP contribution in [0, 0.1) is 6.92 Å². The lowest BCUT2D eigenvalue weighted by atomic mass is 10.00. The molecule has 0 radical (unpaired) electrons. The first-order valence-corrected chi connectivity index (χ1v) is 6.19. The van der Waals surface area contributed by atoms with Crippen molar-refractivity contribution in [3.8, 4) is 0 Å². The van der Waals surface area contributed by atoms with Gasteiger partial charge in [-0.1, -0.05) is 31.9 Å². The number of alkyl halides is 7. The first-order valence-electron chi connectivity index (χ1n) is 4.61. The normalized spacial score (nSPS) is 13.8. The molecule has 0 N–H and O–H groups in total. The predicted molar refractivity (Wildman–Crippen MR) is 61.5 cm³/mol. The van der Waals surface area contributed by atoms with Crippen LogP contribution in [0.4, 0.5) is 30.7 Å². The third-order valence-electron chi connectivity index (χ3n) is 2.31. The minimum Gasteiger partial charge on any atom is -0.194 e. The van der Waals surface area contributed by atoms with Crippen molar-refractivity contribution in [1.29, 1.82) is 0 Å². The smallest absolute Gasteiger partial charge is 0.194 e. The van der Waals surface area contributed by atoms with Crippen LogP contribution in [0.25, 0.3) is 0 Å². The molecule has 0 amide bonds. The van der Waals surface area contributed by atoms with Crippen LogP contribution in [-0.4, -0.2) is 12.1 Å². The molecule has 0 aliphatic carbocycles. The average molecular weight is 418 g/mol. The molecule has 0 atom stereocenters. The second kappa shape index (κ2) is 4.91. The van der Waals surface area contributed by atoms with E-state index in [4.69, 9.17) is 0 Å². The van der Waals surface area contributed by atoms with E-state index in [9.17, 15) is 30.7 Å². The molecule has 0 aromatic heterocycles. The van der Waals surface area contributed by atoms with Crippen molar-refractivity contribution in [3.05, 3.63) is 32.2 Å². The summed E-state index contributed by atoms with van der Waals surface area (Å²) in [5.74, 6) is -11.6. The minimum atomic E-state index is -6.35. The van der Waals surface area contributed by atoms with Gasteiger partial charge in [0.2, 0.25) is 0 Å². The van der Waals surface area contributed by atoms with Gasteiger partial charge in [0.25, 0.3) is 0 Å². The molecule has 1 rings (SSSR count). The van der Waals surface area contributed by atoms with Gasteiger partial charge in [-0.05, 0) is 24.6 Å². The van der Waals surface area contributed by atoms with E-state index in [1.165, 1.54) is 13.0 Å². The van der Waals surface area contributed by atoms with E-state index in [2.05, 4.69) is 31.9 Å². The highest BCUT2D eigenvalue weighted by molar-refractivity contribution is 9.11. The van der Waals surface area contributed by atoms with E-state index in [1.807, 2.05) is 0 Å². The fraction of sp³-hybridized carbons (Fsp3) is 0.400. The van der Waals surface area contributed by atoms with Gasteiger partial charge in [-0.2, -0.15) is 30.7 Å². The molecule has 0 fully saturated rings. The molecule has 1 aromatic carbocycles. The zero-order valence-corrected chi connectivity index (χ0v) is 12.2. The highest BCUT2D eigenvalue weighted by Gasteiger charge is 2.73. The molecule has 0 nitrogen and oxygen atoms in total. The van der Waals surface area contributed by atoms with Gasteiger partial charge < -0.3 is 0 Å². The van der Waals surface area contributed by atoms with Gasteiger partial charge in [0.15, 0.2) is 0 Å². The largest absolute Gasteiger partial charge is 0.460 e. The molecule has 19 heavy (non-hydrogen) atoms. The first-order chi connectivity index (χ1) is 8.32. The molecule has 0 bridgehead atoms. The predicted octanol–water partition coefficient (Wildman–Crippen LogP) is 5.81. The molecule has 0 unspecified atom stereocenters. The summed E-state index contributed by atoms with van der Waals surface area (Å²) in [4.78, 5) is 0. The van der Waals surface area contributed by atoms with E-state index >= 15 is 0 Å². The van der Waals surface area contributed by atoms with Crippen molar-refractivity contribution in [2.75, 3.05) is 0 Å². The van der Waals surface area contributed by atoms with Crippen molar-refractivity contribution < 1.29 is 30.7 Å². The fourth-order valence-electron chi connectivity index (χ4n) is 1.30. The SMILES string of the molecule is Cc1cc(Br)cc(C(F)(F)C(F)(F)C(F)(F)F)c1Br. The second-order valence-corrected chi connectivity index (χ2v) is 5.44. The van der Waals surface area contributed by atoms with Crippen LogP contribution >= 0.6 is 31.9 Å². The van der Waals surface area contributed by atoms with Crippen LogP contribution in [0.3, 0.4) is 0 Å². The highest BCUT2D eigenvalue weighted by Crippen LogP contribution is 2.53. The van der Waals surface area contributed by atoms with Gasteiger partial charge in [-0.25, -0.2) is 0 Å². The number of rotatable bonds is 2. The summed E-state index contributed by atoms with van der Waals surface area (Å²) < 4.78 is 88.7. The number of aryl methyl sites for hydroxylation is 1. The Kier molecular flexibility index (Phi) is 4.32. The van der Waals surface area contributed by atoms with E-state index in [1.54, 1.807) is 0 Å². The maximum atomic E-state index is 13.5.